The number of hydrogen-bond acceptors (Lipinski definition) is 7. The first-order chi connectivity index (χ1) is 19.7. The molecule has 2 aromatic rings. The number of hydrogen-bond donors (Lipinski definition) is 1. The Balaban J connectivity index is 1.17. The fourth-order valence-corrected chi connectivity index (χ4v) is 7.17. The van der Waals surface area contributed by atoms with Crippen molar-refractivity contribution in [3.05, 3.63) is 58.9 Å². The van der Waals surface area contributed by atoms with Gasteiger partial charge in [0.2, 0.25) is 0 Å². The van der Waals surface area contributed by atoms with Gasteiger partial charge >= 0.3 is 0 Å². The standard InChI is InChI=1S/C32H46N6O2/c1-2-35-15-17-36(18-16-35)13-6-14-37(30-11-3-7-25-9-5-12-33-32(25)30)23-27-21-28-26(22-34-27)8-4-10-29(28)38-19-20-40-24-31(38)39/h4-5,8-10,12,27,30,34H,2-3,6-7,11,13-24H2,1H3/t27-,30+/m1/s1. The van der Waals surface area contributed by atoms with Crippen molar-refractivity contribution in [3.63, 3.8) is 0 Å². The number of carbonyl (C=O) groups is 1. The SMILES string of the molecule is CCN1CCN(CCCN(C[C@H]2Cc3c(cccc3N3CCOCC3=O)CN2)[C@H]2CCCc3cccnc32)CC1. The number of ether oxygens (including phenoxy) is 1. The molecule has 2 saturated heterocycles. The summed E-state index contributed by atoms with van der Waals surface area (Å²) < 4.78 is 5.42. The van der Waals surface area contributed by atoms with Crippen molar-refractivity contribution in [2.45, 2.75) is 57.7 Å². The second-order valence-electron chi connectivity index (χ2n) is 11.9. The first kappa shape index (κ1) is 27.8. The van der Waals surface area contributed by atoms with E-state index in [-0.39, 0.29) is 12.5 Å². The highest BCUT2D eigenvalue weighted by Gasteiger charge is 2.32. The van der Waals surface area contributed by atoms with E-state index in [4.69, 9.17) is 9.72 Å². The number of piperazine rings is 1. The Morgan fingerprint density at radius 3 is 2.77 bits per heavy atom. The molecule has 4 heterocycles. The Bertz CT molecular complexity index is 1150. The Labute approximate surface area is 239 Å². The second kappa shape index (κ2) is 13.1. The van der Waals surface area contributed by atoms with E-state index in [0.29, 0.717) is 25.2 Å². The highest BCUT2D eigenvalue weighted by molar-refractivity contribution is 5.95. The average Bonchev–Trinajstić information content (AvgIpc) is 3.00. The van der Waals surface area contributed by atoms with Gasteiger partial charge in [-0.15, -0.1) is 0 Å². The molecule has 2 fully saturated rings. The summed E-state index contributed by atoms with van der Waals surface area (Å²) in [5.74, 6) is 0.0704. The molecule has 0 radical (unpaired) electrons. The third-order valence-corrected chi connectivity index (χ3v) is 9.45. The number of nitrogens with zero attached hydrogens (tertiary/aromatic N) is 5. The Morgan fingerprint density at radius 2 is 1.93 bits per heavy atom. The lowest BCUT2D eigenvalue weighted by Gasteiger charge is -2.40. The lowest BCUT2D eigenvalue weighted by Crippen LogP contribution is -2.49. The Kier molecular flexibility index (Phi) is 9.09. The van der Waals surface area contributed by atoms with Crippen LogP contribution in [-0.4, -0.2) is 104 Å². The van der Waals surface area contributed by atoms with Gasteiger partial charge in [-0.05, 0) is 74.0 Å². The summed E-state index contributed by atoms with van der Waals surface area (Å²) in [6.07, 6.45) is 7.64. The number of fused-ring (bicyclic) bond motifs is 2. The molecule has 1 N–H and O–H groups in total. The molecule has 2 atom stereocenters. The third kappa shape index (κ3) is 6.26. The van der Waals surface area contributed by atoms with Crippen molar-refractivity contribution >= 4 is 11.6 Å². The van der Waals surface area contributed by atoms with Gasteiger partial charge in [-0.3, -0.25) is 14.7 Å². The number of carbonyl (C=O) groups excluding carboxylic acids is 1. The largest absolute Gasteiger partial charge is 0.370 e. The first-order valence-corrected chi connectivity index (χ1v) is 15.5. The topological polar surface area (TPSA) is 64.2 Å². The maximum Gasteiger partial charge on any atom is 0.253 e. The van der Waals surface area contributed by atoms with E-state index in [1.807, 2.05) is 11.1 Å². The molecule has 4 aliphatic rings. The summed E-state index contributed by atoms with van der Waals surface area (Å²) in [5.41, 5.74) is 6.45. The molecule has 8 nitrogen and oxygen atoms in total. The minimum atomic E-state index is 0.0704. The smallest absolute Gasteiger partial charge is 0.253 e. The minimum absolute atomic E-state index is 0.0704. The van der Waals surface area contributed by atoms with E-state index in [0.717, 1.165) is 44.7 Å². The Hall–Kier alpha value is -2.36. The number of morpholine rings is 1. The third-order valence-electron chi connectivity index (χ3n) is 9.45. The first-order valence-electron chi connectivity index (χ1n) is 15.5. The van der Waals surface area contributed by atoms with Gasteiger partial charge in [-0.2, -0.15) is 0 Å². The summed E-state index contributed by atoms with van der Waals surface area (Å²) >= 11 is 0. The molecule has 1 aliphatic carbocycles. The monoisotopic (exact) mass is 546 g/mol. The van der Waals surface area contributed by atoms with Gasteiger partial charge in [0.05, 0.1) is 18.3 Å². The summed E-state index contributed by atoms with van der Waals surface area (Å²) in [5, 5.41) is 3.86. The molecular weight excluding hydrogens is 500 g/mol. The lowest BCUT2D eigenvalue weighted by atomic mass is 9.89. The van der Waals surface area contributed by atoms with Crippen LogP contribution >= 0.6 is 0 Å². The number of anilines is 1. The molecule has 6 rings (SSSR count). The molecule has 216 valence electrons. The predicted molar refractivity (Wildman–Crippen MR) is 159 cm³/mol. The Morgan fingerprint density at radius 1 is 1.07 bits per heavy atom. The van der Waals surface area contributed by atoms with Crippen LogP contribution in [0.5, 0.6) is 0 Å². The zero-order valence-corrected chi connectivity index (χ0v) is 24.2. The summed E-state index contributed by atoms with van der Waals surface area (Å²) in [6, 6.07) is 11.5. The van der Waals surface area contributed by atoms with E-state index < -0.39 is 0 Å². The molecule has 0 unspecified atom stereocenters. The molecule has 0 spiro atoms. The van der Waals surface area contributed by atoms with Crippen LogP contribution in [-0.2, 0) is 28.9 Å². The van der Waals surface area contributed by atoms with Crippen molar-refractivity contribution < 1.29 is 9.53 Å². The van der Waals surface area contributed by atoms with Crippen LogP contribution < -0.4 is 10.2 Å². The maximum atomic E-state index is 12.7. The van der Waals surface area contributed by atoms with Crippen molar-refractivity contribution in [2.75, 3.05) is 77.0 Å². The summed E-state index contributed by atoms with van der Waals surface area (Å²) in [6.45, 7) is 13.7. The number of likely N-dealkylation sites (N-methyl/N-ethyl adjacent to an activating group) is 1. The molecule has 3 aliphatic heterocycles. The quantitative estimate of drug-likeness (QED) is 0.519. The second-order valence-corrected chi connectivity index (χ2v) is 11.9. The number of pyridine rings is 1. The number of rotatable bonds is 9. The van der Waals surface area contributed by atoms with Crippen molar-refractivity contribution in [2.24, 2.45) is 0 Å². The van der Waals surface area contributed by atoms with Crippen molar-refractivity contribution in [3.8, 4) is 0 Å². The van der Waals surface area contributed by atoms with Gasteiger partial charge in [-0.1, -0.05) is 25.1 Å². The van der Waals surface area contributed by atoms with E-state index in [2.05, 4.69) is 57.3 Å². The van der Waals surface area contributed by atoms with Gasteiger partial charge in [0.15, 0.2) is 0 Å². The predicted octanol–water partition coefficient (Wildman–Crippen LogP) is 2.87. The van der Waals surface area contributed by atoms with Crippen LogP contribution in [0.25, 0.3) is 0 Å². The zero-order chi connectivity index (χ0) is 27.3. The maximum absolute atomic E-state index is 12.7. The van der Waals surface area contributed by atoms with Crippen LogP contribution in [0.2, 0.25) is 0 Å². The van der Waals surface area contributed by atoms with Crippen molar-refractivity contribution in [1.82, 2.24) is 25.0 Å². The van der Waals surface area contributed by atoms with Gasteiger partial charge in [0.25, 0.3) is 5.91 Å². The fourth-order valence-electron chi connectivity index (χ4n) is 7.17. The van der Waals surface area contributed by atoms with Gasteiger partial charge in [0.1, 0.15) is 6.61 Å². The lowest BCUT2D eigenvalue weighted by molar-refractivity contribution is -0.125. The van der Waals surface area contributed by atoms with E-state index in [9.17, 15) is 4.79 Å². The van der Waals surface area contributed by atoms with E-state index >= 15 is 0 Å². The van der Waals surface area contributed by atoms with Crippen LogP contribution in [0.4, 0.5) is 5.69 Å². The number of nitrogens with one attached hydrogen (secondary N) is 1. The molecular formula is C32H46N6O2. The van der Waals surface area contributed by atoms with Crippen LogP contribution in [0.3, 0.4) is 0 Å². The minimum Gasteiger partial charge on any atom is -0.370 e. The summed E-state index contributed by atoms with van der Waals surface area (Å²) in [7, 11) is 0. The number of amides is 1. The van der Waals surface area contributed by atoms with Gasteiger partial charge in [-0.25, -0.2) is 0 Å². The molecule has 0 bridgehead atoms. The highest BCUT2D eigenvalue weighted by atomic mass is 16.5. The number of benzene rings is 1. The summed E-state index contributed by atoms with van der Waals surface area (Å²) in [4.78, 5) is 27.5. The molecule has 1 aromatic carbocycles. The van der Waals surface area contributed by atoms with Crippen LogP contribution in [0.1, 0.15) is 54.6 Å². The molecule has 40 heavy (non-hydrogen) atoms. The molecule has 8 heteroatoms. The van der Waals surface area contributed by atoms with Crippen LogP contribution in [0.15, 0.2) is 36.5 Å². The van der Waals surface area contributed by atoms with Crippen LogP contribution in [0, 0.1) is 0 Å². The van der Waals surface area contributed by atoms with Gasteiger partial charge < -0.3 is 24.8 Å². The van der Waals surface area contributed by atoms with E-state index in [1.54, 1.807) is 0 Å². The molecule has 1 amide bonds. The van der Waals surface area contributed by atoms with Crippen molar-refractivity contribution in [1.29, 1.82) is 0 Å². The van der Waals surface area contributed by atoms with E-state index in [1.165, 1.54) is 74.4 Å². The fraction of sp³-hybridized carbons (Fsp3) is 0.625. The highest BCUT2D eigenvalue weighted by Crippen LogP contribution is 2.34. The number of aromatic nitrogens is 1. The average molecular weight is 547 g/mol. The normalized spacial score (nSPS) is 24.2. The molecule has 0 saturated carbocycles. The van der Waals surface area contributed by atoms with Gasteiger partial charge in [0, 0.05) is 70.3 Å². The zero-order valence-electron chi connectivity index (χ0n) is 24.2. The number of aryl methyl sites for hydroxylation is 1. The molecule has 1 aromatic heterocycles.